The van der Waals surface area contributed by atoms with E-state index in [-0.39, 0.29) is 17.4 Å². The molecule has 2 N–H and O–H groups in total. The number of carbonyl (C=O) groups excluding carboxylic acids is 1. The SMILES string of the molecule is CCO[C@@H]1C[C@H](NC(=O)c2cc3c(Br)cccc3[nH]2)C12CCC2. The van der Waals surface area contributed by atoms with Gasteiger partial charge in [0.1, 0.15) is 5.69 Å². The number of amides is 1. The second kappa shape index (κ2) is 5.64. The lowest BCUT2D eigenvalue weighted by Gasteiger charge is -2.60. The number of hydrogen-bond acceptors (Lipinski definition) is 2. The number of aromatic amines is 1. The van der Waals surface area contributed by atoms with Crippen molar-refractivity contribution in [1.29, 1.82) is 0 Å². The molecule has 4 nitrogen and oxygen atoms in total. The molecule has 2 aliphatic rings. The highest BCUT2D eigenvalue weighted by molar-refractivity contribution is 9.10. The third-order valence-corrected chi connectivity index (χ3v) is 6.29. The second-order valence-electron chi connectivity index (χ2n) is 6.68. The molecule has 122 valence electrons. The smallest absolute Gasteiger partial charge is 0.267 e. The van der Waals surface area contributed by atoms with Crippen LogP contribution in [0.2, 0.25) is 0 Å². The minimum Gasteiger partial charge on any atom is -0.378 e. The van der Waals surface area contributed by atoms with Crippen molar-refractivity contribution in [1.82, 2.24) is 10.3 Å². The highest BCUT2D eigenvalue weighted by atomic mass is 79.9. The third kappa shape index (κ3) is 2.32. The number of nitrogens with one attached hydrogen (secondary N) is 2. The van der Waals surface area contributed by atoms with Gasteiger partial charge in [-0.3, -0.25) is 4.79 Å². The van der Waals surface area contributed by atoms with Crippen LogP contribution in [0.15, 0.2) is 28.7 Å². The highest BCUT2D eigenvalue weighted by Crippen LogP contribution is 2.57. The predicted molar refractivity (Wildman–Crippen MR) is 93.6 cm³/mol. The van der Waals surface area contributed by atoms with Crippen LogP contribution in [0.3, 0.4) is 0 Å². The highest BCUT2D eigenvalue weighted by Gasteiger charge is 2.59. The Bertz CT molecular complexity index is 751. The van der Waals surface area contributed by atoms with Gasteiger partial charge in [-0.25, -0.2) is 0 Å². The molecule has 2 atom stereocenters. The zero-order valence-electron chi connectivity index (χ0n) is 13.2. The number of halogens is 1. The van der Waals surface area contributed by atoms with Gasteiger partial charge in [0.25, 0.3) is 5.91 Å². The Morgan fingerprint density at radius 1 is 1.48 bits per heavy atom. The maximum Gasteiger partial charge on any atom is 0.267 e. The largest absolute Gasteiger partial charge is 0.378 e. The van der Waals surface area contributed by atoms with E-state index in [2.05, 4.69) is 26.2 Å². The van der Waals surface area contributed by atoms with Gasteiger partial charge in [0.15, 0.2) is 0 Å². The van der Waals surface area contributed by atoms with E-state index in [4.69, 9.17) is 4.74 Å². The molecule has 2 aromatic rings. The summed E-state index contributed by atoms with van der Waals surface area (Å²) < 4.78 is 6.85. The molecule has 2 aliphatic carbocycles. The molecule has 0 radical (unpaired) electrons. The Morgan fingerprint density at radius 2 is 2.30 bits per heavy atom. The summed E-state index contributed by atoms with van der Waals surface area (Å²) in [6.45, 7) is 2.80. The predicted octanol–water partition coefficient (Wildman–Crippen LogP) is 4.01. The van der Waals surface area contributed by atoms with Gasteiger partial charge in [0, 0.05) is 33.4 Å². The number of benzene rings is 1. The number of ether oxygens (including phenoxy) is 1. The van der Waals surface area contributed by atoms with Gasteiger partial charge in [0.05, 0.1) is 6.10 Å². The average molecular weight is 377 g/mol. The lowest BCUT2D eigenvalue weighted by molar-refractivity contribution is -0.169. The summed E-state index contributed by atoms with van der Waals surface area (Å²) >= 11 is 3.53. The molecule has 0 unspecified atom stereocenters. The average Bonchev–Trinajstić information content (AvgIpc) is 2.90. The van der Waals surface area contributed by atoms with Gasteiger partial charge >= 0.3 is 0 Å². The van der Waals surface area contributed by atoms with Crippen molar-refractivity contribution >= 4 is 32.7 Å². The summed E-state index contributed by atoms with van der Waals surface area (Å²) in [5.41, 5.74) is 1.79. The molecular weight excluding hydrogens is 356 g/mol. The molecule has 1 amide bonds. The van der Waals surface area contributed by atoms with Crippen LogP contribution >= 0.6 is 15.9 Å². The topological polar surface area (TPSA) is 54.1 Å². The molecule has 2 fully saturated rings. The van der Waals surface area contributed by atoms with Crippen LogP contribution in [0.4, 0.5) is 0 Å². The fourth-order valence-electron chi connectivity index (χ4n) is 4.12. The molecule has 0 saturated heterocycles. The van der Waals surface area contributed by atoms with Gasteiger partial charge < -0.3 is 15.0 Å². The summed E-state index contributed by atoms with van der Waals surface area (Å²) in [7, 11) is 0. The van der Waals surface area contributed by atoms with Crippen molar-refractivity contribution in [2.24, 2.45) is 5.41 Å². The Kier molecular flexibility index (Phi) is 3.73. The van der Waals surface area contributed by atoms with Gasteiger partial charge in [-0.1, -0.05) is 28.4 Å². The van der Waals surface area contributed by atoms with Crippen LogP contribution < -0.4 is 5.32 Å². The van der Waals surface area contributed by atoms with Gasteiger partial charge in [-0.05, 0) is 44.4 Å². The summed E-state index contributed by atoms with van der Waals surface area (Å²) in [5, 5.41) is 4.27. The van der Waals surface area contributed by atoms with E-state index in [9.17, 15) is 4.79 Å². The summed E-state index contributed by atoms with van der Waals surface area (Å²) in [6.07, 6.45) is 4.84. The minimum absolute atomic E-state index is 0.0145. The lowest BCUT2D eigenvalue weighted by atomic mass is 9.51. The first kappa shape index (κ1) is 15.2. The number of fused-ring (bicyclic) bond motifs is 1. The summed E-state index contributed by atoms with van der Waals surface area (Å²) in [6, 6.07) is 8.10. The number of rotatable bonds is 4. The first-order chi connectivity index (χ1) is 11.1. The first-order valence-corrected chi connectivity index (χ1v) is 9.13. The van der Waals surface area contributed by atoms with Crippen molar-refractivity contribution in [3.63, 3.8) is 0 Å². The number of aromatic nitrogens is 1. The molecule has 0 bridgehead atoms. The monoisotopic (exact) mass is 376 g/mol. The maximum atomic E-state index is 12.6. The molecule has 0 aliphatic heterocycles. The summed E-state index contributed by atoms with van der Waals surface area (Å²) in [4.78, 5) is 15.8. The van der Waals surface area contributed by atoms with Crippen molar-refractivity contribution in [2.45, 2.75) is 44.8 Å². The van der Waals surface area contributed by atoms with E-state index in [1.54, 1.807) is 0 Å². The van der Waals surface area contributed by atoms with Crippen molar-refractivity contribution < 1.29 is 9.53 Å². The van der Waals surface area contributed by atoms with E-state index in [1.807, 2.05) is 31.2 Å². The van der Waals surface area contributed by atoms with E-state index >= 15 is 0 Å². The third-order valence-electron chi connectivity index (χ3n) is 5.60. The van der Waals surface area contributed by atoms with Crippen LogP contribution in [0.1, 0.15) is 43.1 Å². The Hall–Kier alpha value is -1.33. The maximum absolute atomic E-state index is 12.6. The van der Waals surface area contributed by atoms with Crippen LogP contribution in [-0.2, 0) is 4.74 Å². The van der Waals surface area contributed by atoms with Crippen LogP contribution in [0, 0.1) is 5.41 Å². The Balaban J connectivity index is 1.50. The molecule has 1 heterocycles. The van der Waals surface area contributed by atoms with Crippen LogP contribution in [0.25, 0.3) is 10.9 Å². The molecule has 1 aromatic heterocycles. The molecule has 1 spiro atoms. The molecule has 23 heavy (non-hydrogen) atoms. The fraction of sp³-hybridized carbons (Fsp3) is 0.500. The van der Waals surface area contributed by atoms with Crippen LogP contribution in [0.5, 0.6) is 0 Å². The number of hydrogen-bond donors (Lipinski definition) is 2. The number of H-pyrrole nitrogens is 1. The Morgan fingerprint density at radius 3 is 2.96 bits per heavy atom. The quantitative estimate of drug-likeness (QED) is 0.846. The van der Waals surface area contributed by atoms with Gasteiger partial charge in [-0.15, -0.1) is 0 Å². The van der Waals surface area contributed by atoms with Crippen LogP contribution in [-0.4, -0.2) is 29.6 Å². The van der Waals surface area contributed by atoms with E-state index in [0.29, 0.717) is 11.8 Å². The number of carbonyl (C=O) groups is 1. The standard InChI is InChI=1S/C18H21BrN2O2/c1-2-23-16-10-15(18(16)7-4-8-18)21-17(22)14-9-11-12(19)5-3-6-13(11)20-14/h3,5-6,9,15-16,20H,2,4,7-8,10H2,1H3,(H,21,22)/t15-,16+/m0/s1. The normalized spacial score (nSPS) is 25.1. The van der Waals surface area contributed by atoms with Crippen molar-refractivity contribution in [3.8, 4) is 0 Å². The zero-order valence-corrected chi connectivity index (χ0v) is 14.8. The van der Waals surface area contributed by atoms with Crippen molar-refractivity contribution in [3.05, 3.63) is 34.4 Å². The zero-order chi connectivity index (χ0) is 16.0. The second-order valence-corrected chi connectivity index (χ2v) is 7.53. The van der Waals surface area contributed by atoms with E-state index in [0.717, 1.165) is 28.4 Å². The molecule has 4 rings (SSSR count). The summed E-state index contributed by atoms with van der Waals surface area (Å²) in [5.74, 6) is -0.0145. The Labute approximate surface area is 144 Å². The van der Waals surface area contributed by atoms with E-state index < -0.39 is 0 Å². The molecule has 2 saturated carbocycles. The van der Waals surface area contributed by atoms with Gasteiger partial charge in [-0.2, -0.15) is 0 Å². The fourth-order valence-corrected chi connectivity index (χ4v) is 4.60. The molecule has 1 aromatic carbocycles. The lowest BCUT2D eigenvalue weighted by Crippen LogP contribution is -2.67. The van der Waals surface area contributed by atoms with Crippen molar-refractivity contribution in [2.75, 3.05) is 6.61 Å². The minimum atomic E-state index is -0.0145. The first-order valence-electron chi connectivity index (χ1n) is 8.34. The van der Waals surface area contributed by atoms with E-state index in [1.165, 1.54) is 19.3 Å². The molecule has 5 heteroatoms. The molecular formula is C18H21BrN2O2. The van der Waals surface area contributed by atoms with Gasteiger partial charge in [0.2, 0.25) is 0 Å².